The van der Waals surface area contributed by atoms with E-state index in [-0.39, 0.29) is 13.0 Å². The summed E-state index contributed by atoms with van der Waals surface area (Å²) in [6.07, 6.45) is 0.123. The second kappa shape index (κ2) is 14.4. The molecule has 0 aliphatic rings. The predicted molar refractivity (Wildman–Crippen MR) is 164 cm³/mol. The Morgan fingerprint density at radius 1 is 0.581 bits per heavy atom. The van der Waals surface area contributed by atoms with Crippen molar-refractivity contribution in [2.45, 2.75) is 25.7 Å². The number of carbonyl (C=O) groups is 2. The Morgan fingerprint density at radius 3 is 1.93 bits per heavy atom. The standard InChI is InChI=1S/C36H31NO6/c38-35(37-34(36(39)40)22-26-17-19-30(20-18-26)41-24-27-9-3-1-4-10-27)29-12-8-15-32(23-29)42-25-28-11-7-16-33(21-28)43-31-13-5-2-6-14-31/h1-21,23,34H,22,24-25H2,(H,37,38)(H,39,40)/t34-/m0/s1. The van der Waals surface area contributed by atoms with Gasteiger partial charge in [-0.1, -0.05) is 78.9 Å². The number of carboxylic acid groups (broad SMARTS) is 1. The summed E-state index contributed by atoms with van der Waals surface area (Å²) in [5.74, 6) is 0.968. The fourth-order valence-electron chi connectivity index (χ4n) is 4.36. The van der Waals surface area contributed by atoms with Crippen LogP contribution in [0.2, 0.25) is 0 Å². The number of rotatable bonds is 13. The molecular weight excluding hydrogens is 542 g/mol. The molecule has 0 saturated carbocycles. The quantitative estimate of drug-likeness (QED) is 0.157. The van der Waals surface area contributed by atoms with Crippen LogP contribution in [-0.4, -0.2) is 23.0 Å². The molecule has 5 aromatic carbocycles. The van der Waals surface area contributed by atoms with Crippen molar-refractivity contribution in [1.82, 2.24) is 5.32 Å². The molecule has 7 nitrogen and oxygen atoms in total. The zero-order chi connectivity index (χ0) is 29.9. The summed E-state index contributed by atoms with van der Waals surface area (Å²) in [6.45, 7) is 0.700. The molecule has 43 heavy (non-hydrogen) atoms. The lowest BCUT2D eigenvalue weighted by Gasteiger charge is -2.16. The average Bonchev–Trinajstić information content (AvgIpc) is 3.04. The Bertz CT molecular complexity index is 1640. The van der Waals surface area contributed by atoms with Gasteiger partial charge in [0.2, 0.25) is 0 Å². The first-order chi connectivity index (χ1) is 21.0. The first-order valence-corrected chi connectivity index (χ1v) is 13.9. The highest BCUT2D eigenvalue weighted by Crippen LogP contribution is 2.23. The van der Waals surface area contributed by atoms with Crippen molar-refractivity contribution < 1.29 is 28.9 Å². The van der Waals surface area contributed by atoms with Crippen molar-refractivity contribution >= 4 is 11.9 Å². The van der Waals surface area contributed by atoms with Gasteiger partial charge >= 0.3 is 5.97 Å². The summed E-state index contributed by atoms with van der Waals surface area (Å²) in [6, 6.07) is 39.6. The van der Waals surface area contributed by atoms with Gasteiger partial charge in [-0.2, -0.15) is 0 Å². The van der Waals surface area contributed by atoms with Gasteiger partial charge < -0.3 is 24.6 Å². The van der Waals surface area contributed by atoms with Crippen LogP contribution >= 0.6 is 0 Å². The Hall–Kier alpha value is -5.56. The van der Waals surface area contributed by atoms with Crippen molar-refractivity contribution in [2.75, 3.05) is 0 Å². The molecule has 0 radical (unpaired) electrons. The third-order valence-corrected chi connectivity index (χ3v) is 6.59. The molecule has 5 aromatic rings. The van der Waals surface area contributed by atoms with E-state index in [0.29, 0.717) is 29.4 Å². The number of hydrogen-bond donors (Lipinski definition) is 2. The maximum atomic E-state index is 13.0. The van der Waals surface area contributed by atoms with Crippen LogP contribution in [0.15, 0.2) is 133 Å². The molecule has 0 heterocycles. The largest absolute Gasteiger partial charge is 0.489 e. The second-order valence-electron chi connectivity index (χ2n) is 9.87. The Kier molecular flexibility index (Phi) is 9.67. The first-order valence-electron chi connectivity index (χ1n) is 13.9. The molecular formula is C36H31NO6. The third kappa shape index (κ3) is 8.71. The van der Waals surface area contributed by atoms with Crippen LogP contribution in [0.5, 0.6) is 23.0 Å². The topological polar surface area (TPSA) is 94.1 Å². The SMILES string of the molecule is O=C(N[C@@H](Cc1ccc(OCc2ccccc2)cc1)C(=O)O)c1cccc(OCc2cccc(Oc3ccccc3)c2)c1. The van der Waals surface area contributed by atoms with E-state index in [9.17, 15) is 14.7 Å². The number of hydrogen-bond acceptors (Lipinski definition) is 5. The molecule has 0 spiro atoms. The van der Waals surface area contributed by atoms with E-state index in [1.165, 1.54) is 0 Å². The average molecular weight is 574 g/mol. The van der Waals surface area contributed by atoms with Gasteiger partial charge in [-0.05, 0) is 71.3 Å². The summed E-state index contributed by atoms with van der Waals surface area (Å²) in [5, 5.41) is 12.4. The fraction of sp³-hybridized carbons (Fsp3) is 0.111. The minimum atomic E-state index is -1.12. The number of nitrogens with one attached hydrogen (secondary N) is 1. The molecule has 0 aromatic heterocycles. The van der Waals surface area contributed by atoms with E-state index in [4.69, 9.17) is 14.2 Å². The van der Waals surface area contributed by atoms with Crippen molar-refractivity contribution in [2.24, 2.45) is 0 Å². The lowest BCUT2D eigenvalue weighted by molar-refractivity contribution is -0.139. The van der Waals surface area contributed by atoms with Crippen molar-refractivity contribution in [1.29, 1.82) is 0 Å². The lowest BCUT2D eigenvalue weighted by atomic mass is 10.1. The van der Waals surface area contributed by atoms with Crippen LogP contribution in [0.1, 0.15) is 27.0 Å². The van der Waals surface area contributed by atoms with Crippen LogP contribution in [-0.2, 0) is 24.4 Å². The highest BCUT2D eigenvalue weighted by Gasteiger charge is 2.21. The maximum Gasteiger partial charge on any atom is 0.326 e. The molecule has 0 unspecified atom stereocenters. The Labute approximate surface area is 250 Å². The summed E-state index contributed by atoms with van der Waals surface area (Å²) in [5.41, 5.74) is 3.01. The molecule has 0 saturated heterocycles. The van der Waals surface area contributed by atoms with Gasteiger partial charge in [0.1, 0.15) is 42.3 Å². The lowest BCUT2D eigenvalue weighted by Crippen LogP contribution is -2.42. The fourth-order valence-corrected chi connectivity index (χ4v) is 4.36. The van der Waals surface area contributed by atoms with Crippen LogP contribution in [0.4, 0.5) is 0 Å². The van der Waals surface area contributed by atoms with Gasteiger partial charge in [-0.15, -0.1) is 0 Å². The Morgan fingerprint density at radius 2 is 1.19 bits per heavy atom. The zero-order valence-corrected chi connectivity index (χ0v) is 23.4. The van der Waals surface area contributed by atoms with E-state index < -0.39 is 17.9 Å². The second-order valence-corrected chi connectivity index (χ2v) is 9.87. The van der Waals surface area contributed by atoms with Crippen molar-refractivity contribution in [3.8, 4) is 23.0 Å². The molecule has 5 rings (SSSR count). The highest BCUT2D eigenvalue weighted by atomic mass is 16.5. The number of para-hydroxylation sites is 1. The Balaban J connectivity index is 1.15. The molecule has 1 atom stereocenters. The van der Waals surface area contributed by atoms with Gasteiger partial charge in [0, 0.05) is 12.0 Å². The molecule has 0 fully saturated rings. The molecule has 0 aliphatic heterocycles. The maximum absolute atomic E-state index is 13.0. The van der Waals surface area contributed by atoms with Crippen molar-refractivity contribution in [3.05, 3.63) is 156 Å². The highest BCUT2D eigenvalue weighted by molar-refractivity contribution is 5.97. The van der Waals surface area contributed by atoms with E-state index in [0.717, 1.165) is 22.4 Å². The molecule has 216 valence electrons. The van der Waals surface area contributed by atoms with Gasteiger partial charge in [-0.3, -0.25) is 4.79 Å². The smallest absolute Gasteiger partial charge is 0.326 e. The normalized spacial score (nSPS) is 11.3. The van der Waals surface area contributed by atoms with E-state index in [1.54, 1.807) is 48.5 Å². The minimum Gasteiger partial charge on any atom is -0.489 e. The number of aliphatic carboxylic acids is 1. The number of carboxylic acids is 1. The summed E-state index contributed by atoms with van der Waals surface area (Å²) in [7, 11) is 0. The minimum absolute atomic E-state index is 0.123. The monoisotopic (exact) mass is 573 g/mol. The predicted octanol–water partition coefficient (Wildman–Crippen LogP) is 7.06. The van der Waals surface area contributed by atoms with Crippen molar-refractivity contribution in [3.63, 3.8) is 0 Å². The van der Waals surface area contributed by atoms with Gasteiger partial charge in [0.05, 0.1) is 0 Å². The van der Waals surface area contributed by atoms with Crippen LogP contribution in [0, 0.1) is 0 Å². The first kappa shape index (κ1) is 29.0. The van der Waals surface area contributed by atoms with E-state index in [1.807, 2.05) is 84.9 Å². The molecule has 0 aliphatic carbocycles. The van der Waals surface area contributed by atoms with E-state index in [2.05, 4.69) is 5.32 Å². The van der Waals surface area contributed by atoms with Crippen LogP contribution in [0.25, 0.3) is 0 Å². The summed E-state index contributed by atoms with van der Waals surface area (Å²) in [4.78, 5) is 25.0. The van der Waals surface area contributed by atoms with Crippen LogP contribution in [0.3, 0.4) is 0 Å². The summed E-state index contributed by atoms with van der Waals surface area (Å²) >= 11 is 0. The number of carbonyl (C=O) groups excluding carboxylic acids is 1. The number of benzene rings is 5. The molecule has 1 amide bonds. The zero-order valence-electron chi connectivity index (χ0n) is 23.4. The van der Waals surface area contributed by atoms with Gasteiger partial charge in [0.25, 0.3) is 5.91 Å². The molecule has 2 N–H and O–H groups in total. The third-order valence-electron chi connectivity index (χ3n) is 6.59. The van der Waals surface area contributed by atoms with Gasteiger partial charge in [-0.25, -0.2) is 4.79 Å². The van der Waals surface area contributed by atoms with Crippen LogP contribution < -0.4 is 19.5 Å². The van der Waals surface area contributed by atoms with Gasteiger partial charge in [0.15, 0.2) is 0 Å². The summed E-state index contributed by atoms with van der Waals surface area (Å²) < 4.78 is 17.6. The molecule has 7 heteroatoms. The van der Waals surface area contributed by atoms with E-state index >= 15 is 0 Å². The molecule has 0 bridgehead atoms. The number of amides is 1. The number of ether oxygens (including phenoxy) is 3.